The van der Waals surface area contributed by atoms with Crippen molar-refractivity contribution in [1.29, 1.82) is 0 Å². The molecule has 0 aromatic carbocycles. The number of hydrogen-bond acceptors (Lipinski definition) is 3. The summed E-state index contributed by atoms with van der Waals surface area (Å²) in [6.07, 6.45) is 1.80. The highest BCUT2D eigenvalue weighted by atomic mass is 32.2. The summed E-state index contributed by atoms with van der Waals surface area (Å²) in [6.45, 7) is 6.02. The number of likely N-dealkylation sites (N-methyl/N-ethyl adjacent to an activating group) is 2. The molecule has 1 saturated heterocycles. The molecular formula is C11H23N3O3S. The van der Waals surface area contributed by atoms with Gasteiger partial charge in [-0.25, -0.2) is 0 Å². The average Bonchev–Trinajstić information content (AvgIpc) is 2.84. The first-order valence-corrected chi connectivity index (χ1v) is 7.82. The minimum absolute atomic E-state index is 0.0828. The first-order valence-electron chi connectivity index (χ1n) is 6.42. The van der Waals surface area contributed by atoms with Crippen molar-refractivity contribution >= 4 is 16.1 Å². The Bertz CT molecular complexity index is 373. The van der Waals surface area contributed by atoms with Gasteiger partial charge in [0.15, 0.2) is 0 Å². The highest BCUT2D eigenvalue weighted by Gasteiger charge is 2.30. The van der Waals surface area contributed by atoms with Gasteiger partial charge in [0.2, 0.25) is 5.91 Å². The van der Waals surface area contributed by atoms with E-state index in [1.807, 2.05) is 13.8 Å². The summed E-state index contributed by atoms with van der Waals surface area (Å²) in [6, 6.07) is 0. The van der Waals surface area contributed by atoms with Gasteiger partial charge in [0.05, 0.1) is 6.54 Å². The maximum Gasteiger partial charge on any atom is 0.282 e. The van der Waals surface area contributed by atoms with E-state index in [2.05, 4.69) is 0 Å². The molecule has 0 N–H and O–H groups in total. The molecule has 1 aliphatic rings. The second kappa shape index (κ2) is 6.49. The van der Waals surface area contributed by atoms with E-state index in [0.29, 0.717) is 26.2 Å². The molecule has 0 aliphatic carbocycles. The topological polar surface area (TPSA) is 60.9 Å². The van der Waals surface area contributed by atoms with Crippen molar-refractivity contribution in [3.05, 3.63) is 0 Å². The van der Waals surface area contributed by atoms with Gasteiger partial charge in [-0.2, -0.15) is 17.0 Å². The maximum atomic E-state index is 12.1. The predicted molar refractivity (Wildman–Crippen MR) is 70.3 cm³/mol. The largest absolute Gasteiger partial charge is 0.342 e. The van der Waals surface area contributed by atoms with E-state index in [1.165, 1.54) is 11.4 Å². The van der Waals surface area contributed by atoms with Crippen LogP contribution in [0.25, 0.3) is 0 Å². The van der Waals surface area contributed by atoms with Crippen LogP contribution in [-0.4, -0.2) is 67.6 Å². The Morgan fingerprint density at radius 1 is 1.17 bits per heavy atom. The Balaban J connectivity index is 2.64. The predicted octanol–water partition coefficient (Wildman–Crippen LogP) is 0.127. The van der Waals surface area contributed by atoms with Gasteiger partial charge in [-0.3, -0.25) is 4.79 Å². The lowest BCUT2D eigenvalue weighted by molar-refractivity contribution is -0.130. The van der Waals surface area contributed by atoms with E-state index in [4.69, 9.17) is 0 Å². The summed E-state index contributed by atoms with van der Waals surface area (Å²) in [7, 11) is -2.00. The van der Waals surface area contributed by atoms with Crippen LogP contribution in [0.1, 0.15) is 26.7 Å². The Hall–Kier alpha value is -0.660. The molecule has 1 amide bonds. The summed E-state index contributed by atoms with van der Waals surface area (Å²) >= 11 is 0. The van der Waals surface area contributed by atoms with Crippen LogP contribution in [0, 0.1) is 0 Å². The van der Waals surface area contributed by atoms with Gasteiger partial charge in [-0.05, 0) is 26.7 Å². The van der Waals surface area contributed by atoms with Crippen molar-refractivity contribution < 1.29 is 13.2 Å². The minimum atomic E-state index is -3.46. The molecule has 1 aliphatic heterocycles. The van der Waals surface area contributed by atoms with Crippen LogP contribution in [0.3, 0.4) is 0 Å². The van der Waals surface area contributed by atoms with Crippen molar-refractivity contribution in [3.8, 4) is 0 Å². The van der Waals surface area contributed by atoms with Crippen molar-refractivity contribution in [2.45, 2.75) is 26.7 Å². The molecule has 6 nitrogen and oxygen atoms in total. The molecule has 18 heavy (non-hydrogen) atoms. The summed E-state index contributed by atoms with van der Waals surface area (Å²) in [4.78, 5) is 13.5. The van der Waals surface area contributed by atoms with Gasteiger partial charge >= 0.3 is 0 Å². The Kier molecular flexibility index (Phi) is 5.55. The van der Waals surface area contributed by atoms with Gasteiger partial charge < -0.3 is 4.90 Å². The smallest absolute Gasteiger partial charge is 0.282 e. The van der Waals surface area contributed by atoms with E-state index in [1.54, 1.807) is 4.90 Å². The van der Waals surface area contributed by atoms with Gasteiger partial charge in [-0.15, -0.1) is 0 Å². The molecule has 106 valence electrons. The second-order valence-corrected chi connectivity index (χ2v) is 6.47. The molecule has 0 atom stereocenters. The van der Waals surface area contributed by atoms with E-state index in [-0.39, 0.29) is 12.5 Å². The fourth-order valence-corrected chi connectivity index (χ4v) is 3.45. The lowest BCUT2D eigenvalue weighted by atomic mass is 10.4. The second-order valence-electron chi connectivity index (χ2n) is 4.44. The summed E-state index contributed by atoms with van der Waals surface area (Å²) < 4.78 is 26.9. The number of amides is 1. The molecule has 0 bridgehead atoms. The number of carbonyl (C=O) groups is 1. The zero-order chi connectivity index (χ0) is 13.8. The Morgan fingerprint density at radius 2 is 1.67 bits per heavy atom. The minimum Gasteiger partial charge on any atom is -0.342 e. The molecule has 0 spiro atoms. The molecule has 7 heteroatoms. The monoisotopic (exact) mass is 277 g/mol. The normalized spacial score (nSPS) is 17.3. The van der Waals surface area contributed by atoms with Crippen LogP contribution >= 0.6 is 0 Å². The van der Waals surface area contributed by atoms with Crippen molar-refractivity contribution in [2.24, 2.45) is 0 Å². The van der Waals surface area contributed by atoms with E-state index < -0.39 is 10.2 Å². The third-order valence-electron chi connectivity index (χ3n) is 3.26. The van der Waals surface area contributed by atoms with Crippen LogP contribution in [-0.2, 0) is 15.0 Å². The average molecular weight is 277 g/mol. The van der Waals surface area contributed by atoms with Gasteiger partial charge in [-0.1, -0.05) is 0 Å². The summed E-state index contributed by atoms with van der Waals surface area (Å²) in [5, 5.41) is 0. The van der Waals surface area contributed by atoms with Crippen LogP contribution in [0.4, 0.5) is 0 Å². The highest BCUT2D eigenvalue weighted by molar-refractivity contribution is 7.86. The number of nitrogens with zero attached hydrogens (tertiary/aromatic N) is 3. The fourth-order valence-electron chi connectivity index (χ4n) is 2.06. The van der Waals surface area contributed by atoms with Gasteiger partial charge in [0.1, 0.15) is 0 Å². The molecular weight excluding hydrogens is 254 g/mol. The molecule has 0 aromatic heterocycles. The molecule has 1 fully saturated rings. The zero-order valence-electron chi connectivity index (χ0n) is 11.4. The van der Waals surface area contributed by atoms with Crippen LogP contribution in [0.2, 0.25) is 0 Å². The van der Waals surface area contributed by atoms with Crippen molar-refractivity contribution in [3.63, 3.8) is 0 Å². The van der Waals surface area contributed by atoms with E-state index in [9.17, 15) is 13.2 Å². The quantitative estimate of drug-likeness (QED) is 0.693. The first kappa shape index (κ1) is 15.4. The summed E-state index contributed by atoms with van der Waals surface area (Å²) in [5.74, 6) is -0.148. The fraction of sp³-hybridized carbons (Fsp3) is 0.909. The maximum absolute atomic E-state index is 12.1. The first-order chi connectivity index (χ1) is 8.43. The molecule has 0 unspecified atom stereocenters. The molecule has 1 rings (SSSR count). The number of carbonyl (C=O) groups excluding carboxylic acids is 1. The van der Waals surface area contributed by atoms with E-state index >= 15 is 0 Å². The van der Waals surface area contributed by atoms with Crippen molar-refractivity contribution in [2.75, 3.05) is 39.8 Å². The van der Waals surface area contributed by atoms with Gasteiger partial charge in [0, 0.05) is 33.2 Å². The van der Waals surface area contributed by atoms with Crippen LogP contribution < -0.4 is 0 Å². The standard InChI is InChI=1S/C11H23N3O3S/c1-4-13(5-2)11(15)10-12(3)18(16,17)14-8-6-7-9-14/h4-10H2,1-3H3. The van der Waals surface area contributed by atoms with Crippen molar-refractivity contribution in [1.82, 2.24) is 13.5 Å². The molecule has 0 aromatic rings. The lowest BCUT2D eigenvalue weighted by Gasteiger charge is -2.26. The van der Waals surface area contributed by atoms with Crippen LogP contribution in [0.15, 0.2) is 0 Å². The van der Waals surface area contributed by atoms with Crippen LogP contribution in [0.5, 0.6) is 0 Å². The number of hydrogen-bond donors (Lipinski definition) is 0. The summed E-state index contributed by atoms with van der Waals surface area (Å²) in [5.41, 5.74) is 0. The molecule has 0 radical (unpaired) electrons. The Morgan fingerprint density at radius 3 is 2.11 bits per heavy atom. The third kappa shape index (κ3) is 3.43. The van der Waals surface area contributed by atoms with E-state index in [0.717, 1.165) is 17.1 Å². The third-order valence-corrected chi connectivity index (χ3v) is 5.19. The molecule has 0 saturated carbocycles. The lowest BCUT2D eigenvalue weighted by Crippen LogP contribution is -2.46. The highest BCUT2D eigenvalue weighted by Crippen LogP contribution is 2.15. The number of rotatable bonds is 6. The SMILES string of the molecule is CCN(CC)C(=O)CN(C)S(=O)(=O)N1CCCC1. The molecule has 1 heterocycles. The Labute approximate surface area is 110 Å². The van der Waals surface area contributed by atoms with Gasteiger partial charge in [0.25, 0.3) is 10.2 Å². The zero-order valence-corrected chi connectivity index (χ0v) is 12.2.